The van der Waals surface area contributed by atoms with Crippen LogP contribution >= 0.6 is 11.8 Å². The first-order valence-corrected chi connectivity index (χ1v) is 11.8. The minimum atomic E-state index is 0.263. The summed E-state index contributed by atoms with van der Waals surface area (Å²) in [4.78, 5) is 26.5. The van der Waals surface area contributed by atoms with Gasteiger partial charge in [0.15, 0.2) is 5.65 Å². The normalized spacial score (nSPS) is 19.4. The van der Waals surface area contributed by atoms with Crippen LogP contribution in [0.4, 0.5) is 0 Å². The molecule has 28 heavy (non-hydrogen) atoms. The molecule has 0 radical (unpaired) electrons. The Morgan fingerprint density at radius 2 is 1.96 bits per heavy atom. The van der Waals surface area contributed by atoms with E-state index in [2.05, 4.69) is 21.4 Å². The van der Waals surface area contributed by atoms with Gasteiger partial charge in [-0.05, 0) is 31.5 Å². The standard InChI is InChI=1S/C21H31N5OS/c1-2-24-11-13-25(14-12-24)20(27)16-28-15-19-23-18-9-6-10-22-21(18)26(19)17-7-4-3-5-8-17/h6,9-10,17H,2-5,7-8,11-16H2,1H3. The quantitative estimate of drug-likeness (QED) is 0.743. The molecular weight excluding hydrogens is 370 g/mol. The van der Waals surface area contributed by atoms with Crippen LogP contribution in [0.3, 0.4) is 0 Å². The summed E-state index contributed by atoms with van der Waals surface area (Å²) in [5.41, 5.74) is 1.98. The fourth-order valence-corrected chi connectivity index (χ4v) is 5.28. The number of carbonyl (C=O) groups excluding carboxylic acids is 1. The highest BCUT2D eigenvalue weighted by molar-refractivity contribution is 7.99. The molecule has 6 nitrogen and oxygen atoms in total. The van der Waals surface area contributed by atoms with E-state index in [1.54, 1.807) is 11.8 Å². The zero-order chi connectivity index (χ0) is 19.3. The molecule has 152 valence electrons. The first-order valence-electron chi connectivity index (χ1n) is 10.7. The maximum Gasteiger partial charge on any atom is 0.232 e. The van der Waals surface area contributed by atoms with E-state index in [0.29, 0.717) is 11.8 Å². The van der Waals surface area contributed by atoms with Crippen molar-refractivity contribution in [3.05, 3.63) is 24.2 Å². The van der Waals surface area contributed by atoms with Gasteiger partial charge in [-0.25, -0.2) is 9.97 Å². The number of hydrogen-bond acceptors (Lipinski definition) is 5. The lowest BCUT2D eigenvalue weighted by molar-refractivity contribution is -0.130. The van der Waals surface area contributed by atoms with Crippen LogP contribution in [0.5, 0.6) is 0 Å². The van der Waals surface area contributed by atoms with Gasteiger partial charge in [0.05, 0.1) is 11.5 Å². The van der Waals surface area contributed by atoms with E-state index in [-0.39, 0.29) is 5.91 Å². The van der Waals surface area contributed by atoms with Crippen molar-refractivity contribution in [2.24, 2.45) is 0 Å². The number of aromatic nitrogens is 3. The van der Waals surface area contributed by atoms with Crippen LogP contribution in [0.1, 0.15) is 50.9 Å². The van der Waals surface area contributed by atoms with Crippen LogP contribution in [0.2, 0.25) is 0 Å². The maximum atomic E-state index is 12.6. The Morgan fingerprint density at radius 3 is 2.71 bits per heavy atom. The number of pyridine rings is 1. The van der Waals surface area contributed by atoms with Gasteiger partial charge >= 0.3 is 0 Å². The molecule has 0 bridgehead atoms. The van der Waals surface area contributed by atoms with Gasteiger partial charge in [-0.1, -0.05) is 26.2 Å². The molecule has 0 N–H and O–H groups in total. The van der Waals surface area contributed by atoms with Crippen LogP contribution in [-0.2, 0) is 10.5 Å². The van der Waals surface area contributed by atoms with Crippen LogP contribution in [0.15, 0.2) is 18.3 Å². The molecule has 1 amide bonds. The van der Waals surface area contributed by atoms with Gasteiger partial charge in [-0.3, -0.25) is 4.79 Å². The molecule has 7 heteroatoms. The first kappa shape index (κ1) is 19.7. The van der Waals surface area contributed by atoms with Crippen LogP contribution < -0.4 is 0 Å². The molecule has 3 heterocycles. The van der Waals surface area contributed by atoms with E-state index in [0.717, 1.165) is 55.5 Å². The second kappa shape index (κ2) is 9.27. The predicted octanol–water partition coefficient (Wildman–Crippen LogP) is 3.33. The third kappa shape index (κ3) is 4.35. The molecule has 1 aliphatic carbocycles. The highest BCUT2D eigenvalue weighted by Gasteiger charge is 2.23. The fourth-order valence-electron chi connectivity index (χ4n) is 4.44. The molecule has 4 rings (SSSR count). The summed E-state index contributed by atoms with van der Waals surface area (Å²) in [7, 11) is 0. The minimum Gasteiger partial charge on any atom is -0.339 e. The highest BCUT2D eigenvalue weighted by Crippen LogP contribution is 2.32. The lowest BCUT2D eigenvalue weighted by Gasteiger charge is -2.34. The molecular formula is C21H31N5OS. The minimum absolute atomic E-state index is 0.263. The Bertz CT molecular complexity index is 793. The summed E-state index contributed by atoms with van der Waals surface area (Å²) in [6.07, 6.45) is 8.18. The van der Waals surface area contributed by atoms with Gasteiger partial charge in [0, 0.05) is 38.4 Å². The molecule has 1 saturated carbocycles. The molecule has 0 spiro atoms. The molecule has 2 aliphatic rings. The number of piperazine rings is 1. The van der Waals surface area contributed by atoms with Crippen LogP contribution in [-0.4, -0.2) is 68.7 Å². The number of carbonyl (C=O) groups is 1. The lowest BCUT2D eigenvalue weighted by atomic mass is 9.95. The van der Waals surface area contributed by atoms with E-state index < -0.39 is 0 Å². The monoisotopic (exact) mass is 401 g/mol. The van der Waals surface area contributed by atoms with Crippen LogP contribution in [0, 0.1) is 0 Å². The number of likely N-dealkylation sites (N-methyl/N-ethyl adjacent to an activating group) is 1. The molecule has 0 unspecified atom stereocenters. The maximum absolute atomic E-state index is 12.6. The smallest absolute Gasteiger partial charge is 0.232 e. The van der Waals surface area contributed by atoms with Gasteiger partial charge in [0.2, 0.25) is 5.91 Å². The topological polar surface area (TPSA) is 54.3 Å². The Labute approximate surface area is 171 Å². The Hall–Kier alpha value is -1.60. The number of imidazole rings is 1. The lowest BCUT2D eigenvalue weighted by Crippen LogP contribution is -2.49. The third-order valence-electron chi connectivity index (χ3n) is 6.09. The Kier molecular flexibility index (Phi) is 6.52. The van der Waals surface area contributed by atoms with Crippen molar-refractivity contribution in [3.8, 4) is 0 Å². The number of rotatable bonds is 6. The second-order valence-corrected chi connectivity index (χ2v) is 8.83. The van der Waals surface area contributed by atoms with E-state index >= 15 is 0 Å². The molecule has 2 aromatic rings. The van der Waals surface area contributed by atoms with Gasteiger partial charge in [0.1, 0.15) is 11.3 Å². The molecule has 2 fully saturated rings. The second-order valence-electron chi connectivity index (χ2n) is 7.84. The fraction of sp³-hybridized carbons (Fsp3) is 0.667. The zero-order valence-electron chi connectivity index (χ0n) is 16.8. The summed E-state index contributed by atoms with van der Waals surface area (Å²) in [6, 6.07) is 4.51. The van der Waals surface area contributed by atoms with Gasteiger partial charge in [-0.15, -0.1) is 11.8 Å². The number of amides is 1. The molecule has 2 aromatic heterocycles. The van der Waals surface area contributed by atoms with Gasteiger partial charge in [0.25, 0.3) is 0 Å². The summed E-state index contributed by atoms with van der Waals surface area (Å²) in [6.45, 7) is 6.96. The van der Waals surface area contributed by atoms with E-state index in [1.165, 1.54) is 32.1 Å². The van der Waals surface area contributed by atoms with E-state index in [1.807, 2.05) is 23.2 Å². The third-order valence-corrected chi connectivity index (χ3v) is 7.00. The van der Waals surface area contributed by atoms with Crippen molar-refractivity contribution < 1.29 is 4.79 Å². The summed E-state index contributed by atoms with van der Waals surface area (Å²) >= 11 is 1.69. The van der Waals surface area contributed by atoms with Gasteiger partial charge < -0.3 is 14.4 Å². The van der Waals surface area contributed by atoms with Crippen molar-refractivity contribution in [1.82, 2.24) is 24.3 Å². The van der Waals surface area contributed by atoms with Crippen molar-refractivity contribution in [2.45, 2.75) is 50.8 Å². The number of thioether (sulfide) groups is 1. The largest absolute Gasteiger partial charge is 0.339 e. The van der Waals surface area contributed by atoms with E-state index in [9.17, 15) is 4.79 Å². The molecule has 0 atom stereocenters. The molecule has 1 aliphatic heterocycles. The van der Waals surface area contributed by atoms with Crippen LogP contribution in [0.25, 0.3) is 11.2 Å². The average molecular weight is 402 g/mol. The molecule has 0 aromatic carbocycles. The first-order chi connectivity index (χ1) is 13.8. The predicted molar refractivity (Wildman–Crippen MR) is 115 cm³/mol. The van der Waals surface area contributed by atoms with Crippen molar-refractivity contribution >= 4 is 28.8 Å². The van der Waals surface area contributed by atoms with E-state index in [4.69, 9.17) is 4.98 Å². The summed E-state index contributed by atoms with van der Waals surface area (Å²) in [5.74, 6) is 2.65. The average Bonchev–Trinajstić information content (AvgIpc) is 3.12. The Balaban J connectivity index is 1.40. The number of hydrogen-bond donors (Lipinski definition) is 0. The van der Waals surface area contributed by atoms with Crippen molar-refractivity contribution in [2.75, 3.05) is 38.5 Å². The van der Waals surface area contributed by atoms with Crippen molar-refractivity contribution in [1.29, 1.82) is 0 Å². The highest BCUT2D eigenvalue weighted by atomic mass is 32.2. The summed E-state index contributed by atoms with van der Waals surface area (Å²) in [5, 5.41) is 0. The Morgan fingerprint density at radius 1 is 1.18 bits per heavy atom. The SMILES string of the molecule is CCN1CCN(C(=O)CSCc2nc3cccnc3n2C2CCCCC2)CC1. The summed E-state index contributed by atoms with van der Waals surface area (Å²) < 4.78 is 2.37. The number of fused-ring (bicyclic) bond motifs is 1. The molecule has 1 saturated heterocycles. The number of nitrogens with zero attached hydrogens (tertiary/aromatic N) is 5. The van der Waals surface area contributed by atoms with Crippen molar-refractivity contribution in [3.63, 3.8) is 0 Å². The zero-order valence-corrected chi connectivity index (χ0v) is 17.7. The van der Waals surface area contributed by atoms with Gasteiger partial charge in [-0.2, -0.15) is 0 Å².